The molecule has 7 nitrogen and oxygen atoms in total. The van der Waals surface area contributed by atoms with Crippen LogP contribution in [0.2, 0.25) is 0 Å². The van der Waals surface area contributed by atoms with E-state index in [0.717, 1.165) is 32.0 Å². The summed E-state index contributed by atoms with van der Waals surface area (Å²) in [6.45, 7) is 1.45. The van der Waals surface area contributed by atoms with Crippen LogP contribution < -0.4 is 15.4 Å². The molecule has 146 valence electrons. The van der Waals surface area contributed by atoms with Crippen LogP contribution in [0.15, 0.2) is 24.4 Å². The second-order valence-corrected chi connectivity index (χ2v) is 6.27. The molecule has 0 spiro atoms. The number of carbonyl (C=O) groups excluding carboxylic acids is 1. The van der Waals surface area contributed by atoms with Crippen LogP contribution in [0.4, 0.5) is 13.2 Å². The maximum atomic E-state index is 13.2. The average Bonchev–Trinajstić information content (AvgIpc) is 3.16. The van der Waals surface area contributed by atoms with Gasteiger partial charge in [-0.05, 0) is 43.6 Å². The molecular weight excluding hydrogens is 363 g/mol. The van der Waals surface area contributed by atoms with Gasteiger partial charge in [0.15, 0.2) is 5.69 Å². The predicted octanol–water partition coefficient (Wildman–Crippen LogP) is 2.16. The fourth-order valence-corrected chi connectivity index (χ4v) is 3.00. The Bertz CT molecular complexity index is 800. The van der Waals surface area contributed by atoms with Gasteiger partial charge in [-0.25, -0.2) is 4.68 Å². The second kappa shape index (κ2) is 7.95. The Labute approximate surface area is 153 Å². The molecule has 0 saturated carbocycles. The molecule has 1 amide bonds. The Hall–Kier alpha value is -2.62. The van der Waals surface area contributed by atoms with E-state index in [0.29, 0.717) is 0 Å². The van der Waals surface area contributed by atoms with Crippen molar-refractivity contribution in [3.8, 4) is 5.75 Å². The Morgan fingerprint density at radius 2 is 2.11 bits per heavy atom. The van der Waals surface area contributed by atoms with Crippen LogP contribution in [0.3, 0.4) is 0 Å². The number of benzene rings is 1. The summed E-state index contributed by atoms with van der Waals surface area (Å²) in [5.74, 6) is -0.471. The number of hydrogen-bond acceptors (Lipinski definition) is 5. The lowest BCUT2D eigenvalue weighted by Gasteiger charge is -2.22. The van der Waals surface area contributed by atoms with Gasteiger partial charge in [0.2, 0.25) is 0 Å². The zero-order valence-corrected chi connectivity index (χ0v) is 14.7. The molecular formula is C17H20F3N5O2. The summed E-state index contributed by atoms with van der Waals surface area (Å²) in [5, 5.41) is 13.5. The lowest BCUT2D eigenvalue weighted by atomic mass is 10.1. The van der Waals surface area contributed by atoms with E-state index >= 15 is 0 Å². The molecule has 2 heterocycles. The van der Waals surface area contributed by atoms with E-state index in [9.17, 15) is 18.0 Å². The number of nitrogens with one attached hydrogen (secondary N) is 2. The Balaban J connectivity index is 1.68. The van der Waals surface area contributed by atoms with Crippen LogP contribution in [0.1, 0.15) is 40.5 Å². The van der Waals surface area contributed by atoms with Crippen LogP contribution in [0.5, 0.6) is 5.75 Å². The van der Waals surface area contributed by atoms with E-state index in [1.807, 2.05) is 0 Å². The maximum Gasteiger partial charge on any atom is 0.416 e. The predicted molar refractivity (Wildman–Crippen MR) is 90.3 cm³/mol. The quantitative estimate of drug-likeness (QED) is 0.827. The number of amides is 1. The molecule has 27 heavy (non-hydrogen) atoms. The number of alkyl halides is 3. The van der Waals surface area contributed by atoms with Crippen molar-refractivity contribution in [3.05, 3.63) is 41.2 Å². The highest BCUT2D eigenvalue weighted by molar-refractivity contribution is 5.91. The maximum absolute atomic E-state index is 13.2. The van der Waals surface area contributed by atoms with Gasteiger partial charge in [0.1, 0.15) is 5.75 Å². The van der Waals surface area contributed by atoms with Crippen LogP contribution in [-0.2, 0) is 12.7 Å². The number of carbonyl (C=O) groups is 1. The minimum absolute atomic E-state index is 0.0533. The van der Waals surface area contributed by atoms with E-state index in [-0.39, 0.29) is 29.6 Å². The van der Waals surface area contributed by atoms with Crippen molar-refractivity contribution in [3.63, 3.8) is 0 Å². The van der Waals surface area contributed by atoms with Gasteiger partial charge in [-0.2, -0.15) is 13.2 Å². The van der Waals surface area contributed by atoms with Crippen molar-refractivity contribution in [1.82, 2.24) is 25.6 Å². The van der Waals surface area contributed by atoms with Gasteiger partial charge in [-0.15, -0.1) is 5.10 Å². The smallest absolute Gasteiger partial charge is 0.416 e. The second-order valence-electron chi connectivity index (χ2n) is 6.27. The van der Waals surface area contributed by atoms with Crippen molar-refractivity contribution in [2.24, 2.45) is 0 Å². The van der Waals surface area contributed by atoms with E-state index in [2.05, 4.69) is 20.9 Å². The minimum Gasteiger partial charge on any atom is -0.497 e. The number of methoxy groups -OCH3 is 1. The van der Waals surface area contributed by atoms with E-state index < -0.39 is 17.6 Å². The number of hydrogen-bond donors (Lipinski definition) is 2. The molecule has 1 aromatic carbocycles. The Morgan fingerprint density at radius 3 is 2.78 bits per heavy atom. The normalized spacial score (nSPS) is 15.6. The van der Waals surface area contributed by atoms with Crippen LogP contribution in [-0.4, -0.2) is 41.1 Å². The number of halogens is 3. The monoisotopic (exact) mass is 383 g/mol. The minimum atomic E-state index is -4.55. The molecule has 0 atom stereocenters. The van der Waals surface area contributed by atoms with Crippen molar-refractivity contribution >= 4 is 5.91 Å². The molecule has 1 aliphatic heterocycles. The van der Waals surface area contributed by atoms with E-state index in [4.69, 9.17) is 4.74 Å². The van der Waals surface area contributed by atoms with Crippen molar-refractivity contribution < 1.29 is 22.7 Å². The van der Waals surface area contributed by atoms with Gasteiger partial charge in [-0.1, -0.05) is 11.3 Å². The van der Waals surface area contributed by atoms with Crippen molar-refractivity contribution in [1.29, 1.82) is 0 Å². The molecule has 0 radical (unpaired) electrons. The summed E-state index contributed by atoms with van der Waals surface area (Å²) < 4.78 is 46.2. The SMILES string of the molecule is COc1ccc(CNC(=O)c2cn(C3CCNCC3)nn2)c(C(F)(F)F)c1. The number of rotatable bonds is 5. The molecule has 1 aliphatic rings. The lowest BCUT2D eigenvalue weighted by Crippen LogP contribution is -2.29. The van der Waals surface area contributed by atoms with Crippen LogP contribution in [0.25, 0.3) is 0 Å². The Kier molecular flexibility index (Phi) is 5.64. The summed E-state index contributed by atoms with van der Waals surface area (Å²) in [7, 11) is 1.29. The van der Waals surface area contributed by atoms with Gasteiger partial charge in [0.05, 0.1) is 24.9 Å². The standard InChI is InChI=1S/C17H20F3N5O2/c1-27-13-3-2-11(14(8-13)17(18,19)20)9-22-16(26)15-10-25(24-23-15)12-4-6-21-7-5-12/h2-3,8,10,12,21H,4-7,9H2,1H3,(H,22,26). The first-order chi connectivity index (χ1) is 12.9. The molecule has 0 unspecified atom stereocenters. The summed E-state index contributed by atoms with van der Waals surface area (Å²) in [6, 6.07) is 3.78. The summed E-state index contributed by atoms with van der Waals surface area (Å²) in [5.41, 5.74) is -0.821. The molecule has 0 bridgehead atoms. The highest BCUT2D eigenvalue weighted by Gasteiger charge is 2.34. The van der Waals surface area contributed by atoms with E-state index in [1.165, 1.54) is 25.4 Å². The summed E-state index contributed by atoms with van der Waals surface area (Å²) in [4.78, 5) is 12.3. The zero-order chi connectivity index (χ0) is 19.4. The van der Waals surface area contributed by atoms with Gasteiger partial charge < -0.3 is 15.4 Å². The number of nitrogens with zero attached hydrogens (tertiary/aromatic N) is 3. The molecule has 2 aromatic rings. The summed E-state index contributed by atoms with van der Waals surface area (Å²) in [6.07, 6.45) is -1.26. The van der Waals surface area contributed by atoms with Crippen LogP contribution >= 0.6 is 0 Å². The van der Waals surface area contributed by atoms with Crippen LogP contribution in [0, 0.1) is 0 Å². The molecule has 3 rings (SSSR count). The molecule has 2 N–H and O–H groups in total. The molecule has 1 fully saturated rings. The highest BCUT2D eigenvalue weighted by atomic mass is 19.4. The average molecular weight is 383 g/mol. The van der Waals surface area contributed by atoms with Gasteiger partial charge in [0.25, 0.3) is 5.91 Å². The fourth-order valence-electron chi connectivity index (χ4n) is 3.00. The number of ether oxygens (including phenoxy) is 1. The molecule has 1 aromatic heterocycles. The fraction of sp³-hybridized carbons (Fsp3) is 0.471. The highest BCUT2D eigenvalue weighted by Crippen LogP contribution is 2.34. The number of aromatic nitrogens is 3. The first kappa shape index (κ1) is 19.2. The first-order valence-corrected chi connectivity index (χ1v) is 8.53. The van der Waals surface area contributed by atoms with Gasteiger partial charge >= 0.3 is 6.18 Å². The first-order valence-electron chi connectivity index (χ1n) is 8.53. The van der Waals surface area contributed by atoms with Crippen molar-refractivity contribution in [2.75, 3.05) is 20.2 Å². The largest absolute Gasteiger partial charge is 0.497 e. The van der Waals surface area contributed by atoms with Gasteiger partial charge in [-0.3, -0.25) is 4.79 Å². The zero-order valence-electron chi connectivity index (χ0n) is 14.7. The molecule has 10 heteroatoms. The molecule has 1 saturated heterocycles. The lowest BCUT2D eigenvalue weighted by molar-refractivity contribution is -0.138. The summed E-state index contributed by atoms with van der Waals surface area (Å²) >= 11 is 0. The Morgan fingerprint density at radius 1 is 1.37 bits per heavy atom. The van der Waals surface area contributed by atoms with Crippen molar-refractivity contribution in [2.45, 2.75) is 31.6 Å². The third kappa shape index (κ3) is 4.57. The third-order valence-electron chi connectivity index (χ3n) is 4.49. The third-order valence-corrected chi connectivity index (χ3v) is 4.49. The topological polar surface area (TPSA) is 81.1 Å². The van der Waals surface area contributed by atoms with Gasteiger partial charge in [0, 0.05) is 6.54 Å². The number of piperidine rings is 1. The molecule has 0 aliphatic carbocycles. The van der Waals surface area contributed by atoms with E-state index in [1.54, 1.807) is 4.68 Å².